The van der Waals surface area contributed by atoms with Crippen molar-refractivity contribution in [2.45, 2.75) is 11.8 Å². The van der Waals surface area contributed by atoms with Gasteiger partial charge in [0.2, 0.25) is 0 Å². The highest BCUT2D eigenvalue weighted by Gasteiger charge is 2.16. The average molecular weight is 295 g/mol. The van der Waals surface area contributed by atoms with Crippen molar-refractivity contribution >= 4 is 21.5 Å². The highest BCUT2D eigenvalue weighted by atomic mass is 32.2. The predicted molar refractivity (Wildman–Crippen MR) is 75.7 cm³/mol. The summed E-state index contributed by atoms with van der Waals surface area (Å²) in [6, 6.07) is 7.20. The van der Waals surface area contributed by atoms with E-state index in [1.54, 1.807) is 20.0 Å². The molecule has 0 aliphatic carbocycles. The van der Waals surface area contributed by atoms with Gasteiger partial charge in [-0.3, -0.25) is 4.72 Å². The van der Waals surface area contributed by atoms with Crippen LogP contribution >= 0.6 is 0 Å². The molecule has 0 amide bonds. The summed E-state index contributed by atoms with van der Waals surface area (Å²) in [7, 11) is -2.18. The van der Waals surface area contributed by atoms with Crippen LogP contribution in [0.25, 0.3) is 0 Å². The smallest absolute Gasteiger partial charge is 0.263 e. The van der Waals surface area contributed by atoms with Crippen molar-refractivity contribution in [3.63, 3.8) is 0 Å². The summed E-state index contributed by atoms with van der Waals surface area (Å²) in [4.78, 5) is 3.89. The quantitative estimate of drug-likeness (QED) is 0.908. The van der Waals surface area contributed by atoms with Crippen molar-refractivity contribution in [3.05, 3.63) is 47.9 Å². The van der Waals surface area contributed by atoms with E-state index >= 15 is 0 Å². The maximum atomic E-state index is 13.7. The lowest BCUT2D eigenvalue weighted by Gasteiger charge is -2.09. The molecular weight excluding hydrogens is 281 g/mol. The first-order chi connectivity index (χ1) is 9.42. The molecule has 1 aromatic heterocycles. The lowest BCUT2D eigenvalue weighted by Crippen LogP contribution is -2.14. The molecule has 0 aliphatic heterocycles. The van der Waals surface area contributed by atoms with Crippen molar-refractivity contribution < 1.29 is 12.8 Å². The molecule has 1 heterocycles. The Bertz CT molecular complexity index is 715. The van der Waals surface area contributed by atoms with Gasteiger partial charge >= 0.3 is 0 Å². The van der Waals surface area contributed by atoms with Gasteiger partial charge in [0.1, 0.15) is 16.5 Å². The van der Waals surface area contributed by atoms with Crippen LogP contribution in [0.15, 0.2) is 41.4 Å². The van der Waals surface area contributed by atoms with Crippen LogP contribution < -0.4 is 10.0 Å². The Kier molecular flexibility index (Phi) is 3.89. The van der Waals surface area contributed by atoms with Crippen LogP contribution in [0.1, 0.15) is 5.56 Å². The molecule has 1 aromatic carbocycles. The summed E-state index contributed by atoms with van der Waals surface area (Å²) in [5.41, 5.74) is 0.624. The van der Waals surface area contributed by atoms with Crippen molar-refractivity contribution in [2.75, 3.05) is 17.1 Å². The van der Waals surface area contributed by atoms with Crippen molar-refractivity contribution in [1.82, 2.24) is 4.98 Å². The molecule has 0 unspecified atom stereocenters. The SMILES string of the molecule is CNc1ccc(S(=O)(=O)Nc2ccc(C)cc2F)cn1. The molecule has 0 atom stereocenters. The van der Waals surface area contributed by atoms with Crippen LogP contribution in [0.4, 0.5) is 15.9 Å². The van der Waals surface area contributed by atoms with E-state index in [0.717, 1.165) is 0 Å². The molecule has 2 N–H and O–H groups in total. The second kappa shape index (κ2) is 5.46. The first kappa shape index (κ1) is 14.3. The molecule has 0 saturated carbocycles. The second-order valence-electron chi connectivity index (χ2n) is 4.22. The molecule has 20 heavy (non-hydrogen) atoms. The number of nitrogens with zero attached hydrogens (tertiary/aromatic N) is 1. The number of aromatic nitrogens is 1. The van der Waals surface area contributed by atoms with Crippen molar-refractivity contribution in [3.8, 4) is 0 Å². The summed E-state index contributed by atoms with van der Waals surface area (Å²) in [6.45, 7) is 1.72. The summed E-state index contributed by atoms with van der Waals surface area (Å²) in [5, 5.41) is 2.78. The zero-order chi connectivity index (χ0) is 14.8. The third kappa shape index (κ3) is 3.05. The minimum absolute atomic E-state index is 0.0310. The fourth-order valence-electron chi connectivity index (χ4n) is 1.59. The summed E-state index contributed by atoms with van der Waals surface area (Å²) in [6.07, 6.45) is 1.21. The van der Waals surface area contributed by atoms with E-state index < -0.39 is 15.8 Å². The Balaban J connectivity index is 2.30. The molecule has 106 valence electrons. The molecule has 0 saturated heterocycles. The topological polar surface area (TPSA) is 71.1 Å². The Morgan fingerprint density at radius 3 is 2.50 bits per heavy atom. The third-order valence-corrected chi connectivity index (χ3v) is 4.02. The van der Waals surface area contributed by atoms with E-state index in [9.17, 15) is 12.8 Å². The van der Waals surface area contributed by atoms with Crippen LogP contribution in [0, 0.1) is 12.7 Å². The van der Waals surface area contributed by atoms with E-state index in [1.165, 1.54) is 30.5 Å². The predicted octanol–water partition coefficient (Wildman–Crippen LogP) is 2.37. The van der Waals surface area contributed by atoms with E-state index in [-0.39, 0.29) is 10.6 Å². The number of nitrogens with one attached hydrogen (secondary N) is 2. The van der Waals surface area contributed by atoms with Gasteiger partial charge in [-0.2, -0.15) is 0 Å². The zero-order valence-electron chi connectivity index (χ0n) is 11.0. The summed E-state index contributed by atoms with van der Waals surface area (Å²) in [5.74, 6) is -0.0705. The highest BCUT2D eigenvalue weighted by Crippen LogP contribution is 2.20. The number of halogens is 1. The Morgan fingerprint density at radius 1 is 1.20 bits per heavy atom. The molecule has 0 bridgehead atoms. The van der Waals surface area contributed by atoms with E-state index in [1.807, 2.05) is 0 Å². The Labute approximate surface area is 116 Å². The molecule has 2 aromatic rings. The maximum absolute atomic E-state index is 13.7. The maximum Gasteiger partial charge on any atom is 0.263 e. The summed E-state index contributed by atoms with van der Waals surface area (Å²) >= 11 is 0. The van der Waals surface area contributed by atoms with E-state index in [2.05, 4.69) is 15.0 Å². The van der Waals surface area contributed by atoms with Gasteiger partial charge in [-0.25, -0.2) is 17.8 Å². The number of anilines is 2. The number of hydrogen-bond donors (Lipinski definition) is 2. The van der Waals surface area contributed by atoms with Crippen LogP contribution in [0.3, 0.4) is 0 Å². The first-order valence-corrected chi connectivity index (χ1v) is 7.33. The highest BCUT2D eigenvalue weighted by molar-refractivity contribution is 7.92. The van der Waals surface area contributed by atoms with Gasteiger partial charge in [-0.05, 0) is 36.8 Å². The van der Waals surface area contributed by atoms with E-state index in [0.29, 0.717) is 11.4 Å². The molecule has 0 aliphatic rings. The average Bonchev–Trinajstić information content (AvgIpc) is 2.42. The molecule has 0 spiro atoms. The van der Waals surface area contributed by atoms with E-state index in [4.69, 9.17) is 0 Å². The van der Waals surface area contributed by atoms with Gasteiger partial charge < -0.3 is 5.32 Å². The lowest BCUT2D eigenvalue weighted by atomic mass is 10.2. The van der Waals surface area contributed by atoms with Gasteiger partial charge in [-0.1, -0.05) is 6.07 Å². The number of pyridine rings is 1. The Hall–Kier alpha value is -2.15. The molecular formula is C13H14FN3O2S. The normalized spacial score (nSPS) is 11.2. The zero-order valence-corrected chi connectivity index (χ0v) is 11.8. The fraction of sp³-hybridized carbons (Fsp3) is 0.154. The largest absolute Gasteiger partial charge is 0.373 e. The molecule has 0 radical (unpaired) electrons. The van der Waals surface area contributed by atoms with Gasteiger partial charge in [0.05, 0.1) is 5.69 Å². The standard InChI is InChI=1S/C13H14FN3O2S/c1-9-3-5-12(11(14)7-9)17-20(18,19)10-4-6-13(15-2)16-8-10/h3-8,17H,1-2H3,(H,15,16). The number of sulfonamides is 1. The van der Waals surface area contributed by atoms with Gasteiger partial charge in [0, 0.05) is 13.2 Å². The van der Waals surface area contributed by atoms with Crippen LogP contribution in [-0.2, 0) is 10.0 Å². The second-order valence-corrected chi connectivity index (χ2v) is 5.90. The first-order valence-electron chi connectivity index (χ1n) is 5.85. The van der Waals surface area contributed by atoms with Crippen molar-refractivity contribution in [2.24, 2.45) is 0 Å². The van der Waals surface area contributed by atoms with Gasteiger partial charge in [0.25, 0.3) is 10.0 Å². The fourth-order valence-corrected chi connectivity index (χ4v) is 2.61. The molecule has 7 heteroatoms. The van der Waals surface area contributed by atoms with Gasteiger partial charge in [-0.15, -0.1) is 0 Å². The van der Waals surface area contributed by atoms with Crippen molar-refractivity contribution in [1.29, 1.82) is 0 Å². The number of hydrogen-bond acceptors (Lipinski definition) is 4. The summed E-state index contributed by atoms with van der Waals surface area (Å²) < 4.78 is 40.1. The minimum atomic E-state index is -3.85. The third-order valence-electron chi connectivity index (χ3n) is 2.67. The number of benzene rings is 1. The minimum Gasteiger partial charge on any atom is -0.373 e. The van der Waals surface area contributed by atoms with Crippen LogP contribution in [0.2, 0.25) is 0 Å². The number of rotatable bonds is 4. The number of aryl methyl sites for hydroxylation is 1. The lowest BCUT2D eigenvalue weighted by molar-refractivity contribution is 0.598. The van der Waals surface area contributed by atoms with Gasteiger partial charge in [0.15, 0.2) is 0 Å². The molecule has 2 rings (SSSR count). The Morgan fingerprint density at radius 2 is 1.95 bits per heavy atom. The monoisotopic (exact) mass is 295 g/mol. The van der Waals surface area contributed by atoms with Crippen LogP contribution in [-0.4, -0.2) is 20.4 Å². The molecule has 0 fully saturated rings. The molecule has 5 nitrogen and oxygen atoms in total. The van der Waals surface area contributed by atoms with Crippen LogP contribution in [0.5, 0.6) is 0 Å².